The molecule has 0 spiro atoms. The minimum atomic E-state index is -0.282. The van der Waals surface area contributed by atoms with E-state index in [0.29, 0.717) is 5.52 Å². The molecule has 1 aromatic heterocycles. The van der Waals surface area contributed by atoms with Gasteiger partial charge in [-0.05, 0) is 12.1 Å². The fourth-order valence-electron chi connectivity index (χ4n) is 1.17. The molecule has 11 heavy (non-hydrogen) atoms. The van der Waals surface area contributed by atoms with Gasteiger partial charge < -0.3 is 5.84 Å². The Balaban J connectivity index is 2.96. The summed E-state index contributed by atoms with van der Waals surface area (Å²) >= 11 is 0. The molecule has 0 aliphatic rings. The first-order valence-electron chi connectivity index (χ1n) is 3.30. The van der Waals surface area contributed by atoms with Crippen LogP contribution in [0.4, 0.5) is 4.39 Å². The van der Waals surface area contributed by atoms with E-state index in [-0.39, 0.29) is 5.82 Å². The maximum atomic E-state index is 13.0. The van der Waals surface area contributed by atoms with E-state index in [1.807, 2.05) is 6.07 Å². The molecule has 0 fully saturated rings. The van der Waals surface area contributed by atoms with Crippen LogP contribution in [0.15, 0.2) is 30.5 Å². The van der Waals surface area contributed by atoms with Gasteiger partial charge in [0.1, 0.15) is 11.3 Å². The van der Waals surface area contributed by atoms with Gasteiger partial charge in [-0.2, -0.15) is 0 Å². The van der Waals surface area contributed by atoms with Crippen molar-refractivity contribution in [3.8, 4) is 0 Å². The predicted molar refractivity (Wildman–Crippen MR) is 42.0 cm³/mol. The molecule has 0 bridgehead atoms. The second kappa shape index (κ2) is 1.99. The Morgan fingerprint density at radius 2 is 2.09 bits per heavy atom. The third kappa shape index (κ3) is 0.774. The molecule has 1 aromatic carbocycles. The Kier molecular flexibility index (Phi) is 1.12. The van der Waals surface area contributed by atoms with E-state index >= 15 is 0 Å². The van der Waals surface area contributed by atoms with Gasteiger partial charge >= 0.3 is 0 Å². The summed E-state index contributed by atoms with van der Waals surface area (Å²) < 4.78 is 14.3. The lowest BCUT2D eigenvalue weighted by atomic mass is 10.2. The molecular formula is C8H7FN2. The van der Waals surface area contributed by atoms with Crippen LogP contribution in [0, 0.1) is 5.82 Å². The van der Waals surface area contributed by atoms with E-state index in [2.05, 4.69) is 0 Å². The maximum absolute atomic E-state index is 13.0. The molecule has 2 aromatic rings. The number of halogens is 1. The zero-order valence-corrected chi connectivity index (χ0v) is 5.79. The monoisotopic (exact) mass is 150 g/mol. The Bertz CT molecular complexity index is 392. The van der Waals surface area contributed by atoms with Crippen molar-refractivity contribution in [2.75, 3.05) is 5.84 Å². The van der Waals surface area contributed by atoms with Crippen molar-refractivity contribution >= 4 is 10.9 Å². The Morgan fingerprint density at radius 3 is 2.82 bits per heavy atom. The van der Waals surface area contributed by atoms with Crippen LogP contribution in [-0.2, 0) is 0 Å². The quantitative estimate of drug-likeness (QED) is 0.567. The molecule has 1 heterocycles. The summed E-state index contributed by atoms with van der Waals surface area (Å²) in [7, 11) is 0. The van der Waals surface area contributed by atoms with Crippen LogP contribution in [0.1, 0.15) is 0 Å². The van der Waals surface area contributed by atoms with Gasteiger partial charge in [-0.3, -0.25) is 4.68 Å². The van der Waals surface area contributed by atoms with E-state index in [9.17, 15) is 4.39 Å². The fraction of sp³-hybridized carbons (Fsp3) is 0. The number of aromatic nitrogens is 1. The summed E-state index contributed by atoms with van der Waals surface area (Å²) in [5.74, 6) is 5.17. The van der Waals surface area contributed by atoms with Crippen LogP contribution in [0.3, 0.4) is 0 Å². The molecule has 0 saturated heterocycles. The number of nitrogen functional groups attached to an aromatic ring is 1. The van der Waals surface area contributed by atoms with Crippen molar-refractivity contribution in [1.29, 1.82) is 0 Å². The zero-order chi connectivity index (χ0) is 7.84. The van der Waals surface area contributed by atoms with Gasteiger partial charge in [-0.1, -0.05) is 12.1 Å². The average molecular weight is 150 g/mol. The van der Waals surface area contributed by atoms with Gasteiger partial charge in [0.2, 0.25) is 0 Å². The van der Waals surface area contributed by atoms with Crippen LogP contribution in [0.25, 0.3) is 10.9 Å². The lowest BCUT2D eigenvalue weighted by Gasteiger charge is -1.96. The highest BCUT2D eigenvalue weighted by atomic mass is 19.1. The highest BCUT2D eigenvalue weighted by molar-refractivity contribution is 5.80. The summed E-state index contributed by atoms with van der Waals surface area (Å²) in [4.78, 5) is 0. The number of nitrogens with zero attached hydrogens (tertiary/aromatic N) is 1. The number of fused-ring (bicyclic) bond motifs is 1. The third-order valence-electron chi connectivity index (χ3n) is 1.69. The topological polar surface area (TPSA) is 30.9 Å². The molecule has 0 unspecified atom stereocenters. The average Bonchev–Trinajstić information content (AvgIpc) is 2.34. The number of rotatable bonds is 0. The maximum Gasteiger partial charge on any atom is 0.149 e. The standard InChI is InChI=1S/C8H7FN2/c9-7-3-1-2-6-4-5-11(10)8(6)7/h1-5H,10H2. The van der Waals surface area contributed by atoms with Crippen LogP contribution >= 0.6 is 0 Å². The molecule has 0 radical (unpaired) electrons. The lowest BCUT2D eigenvalue weighted by molar-refractivity contribution is 0.633. The minimum absolute atomic E-state index is 0.282. The first-order valence-corrected chi connectivity index (χ1v) is 3.30. The summed E-state index contributed by atoms with van der Waals surface area (Å²) in [6.45, 7) is 0. The van der Waals surface area contributed by atoms with Crippen molar-refractivity contribution in [3.63, 3.8) is 0 Å². The molecule has 0 aliphatic carbocycles. The number of nitrogens with two attached hydrogens (primary N) is 1. The van der Waals surface area contributed by atoms with Crippen molar-refractivity contribution in [1.82, 2.24) is 4.68 Å². The summed E-state index contributed by atoms with van der Waals surface area (Å²) in [5, 5.41) is 0.826. The normalized spacial score (nSPS) is 10.6. The molecule has 56 valence electrons. The Morgan fingerprint density at radius 1 is 1.27 bits per heavy atom. The Hall–Kier alpha value is -1.51. The predicted octanol–water partition coefficient (Wildman–Crippen LogP) is 1.49. The molecular weight excluding hydrogens is 143 g/mol. The van der Waals surface area contributed by atoms with Crippen molar-refractivity contribution in [2.45, 2.75) is 0 Å². The second-order valence-corrected chi connectivity index (χ2v) is 2.40. The second-order valence-electron chi connectivity index (χ2n) is 2.40. The van der Waals surface area contributed by atoms with Crippen LogP contribution in [-0.4, -0.2) is 4.68 Å². The minimum Gasteiger partial charge on any atom is -0.339 e. The van der Waals surface area contributed by atoms with E-state index < -0.39 is 0 Å². The fourth-order valence-corrected chi connectivity index (χ4v) is 1.17. The van der Waals surface area contributed by atoms with Gasteiger partial charge in [0.15, 0.2) is 0 Å². The molecule has 2 N–H and O–H groups in total. The van der Waals surface area contributed by atoms with Crippen LogP contribution in [0.5, 0.6) is 0 Å². The van der Waals surface area contributed by atoms with Gasteiger partial charge in [-0.15, -0.1) is 0 Å². The first-order chi connectivity index (χ1) is 5.29. The number of hydrogen-bond acceptors (Lipinski definition) is 1. The van der Waals surface area contributed by atoms with E-state index in [0.717, 1.165) is 5.39 Å². The molecule has 2 rings (SSSR count). The molecule has 0 saturated carbocycles. The summed E-state index contributed by atoms with van der Waals surface area (Å²) in [5.41, 5.74) is 0.451. The smallest absolute Gasteiger partial charge is 0.149 e. The Labute approximate surface area is 63.0 Å². The third-order valence-corrected chi connectivity index (χ3v) is 1.69. The van der Waals surface area contributed by atoms with E-state index in [4.69, 9.17) is 5.84 Å². The van der Waals surface area contributed by atoms with Gasteiger partial charge in [0.05, 0.1) is 0 Å². The summed E-state index contributed by atoms with van der Waals surface area (Å²) in [6.07, 6.45) is 1.63. The van der Waals surface area contributed by atoms with Gasteiger partial charge in [0.25, 0.3) is 0 Å². The molecule has 0 atom stereocenters. The van der Waals surface area contributed by atoms with E-state index in [1.54, 1.807) is 18.3 Å². The van der Waals surface area contributed by atoms with Gasteiger partial charge in [0, 0.05) is 11.6 Å². The lowest BCUT2D eigenvalue weighted by Crippen LogP contribution is -2.06. The molecule has 2 nitrogen and oxygen atoms in total. The van der Waals surface area contributed by atoms with Crippen LogP contribution in [0.2, 0.25) is 0 Å². The van der Waals surface area contributed by atoms with Gasteiger partial charge in [-0.25, -0.2) is 4.39 Å². The molecule has 0 aliphatic heterocycles. The van der Waals surface area contributed by atoms with E-state index in [1.165, 1.54) is 10.7 Å². The van der Waals surface area contributed by atoms with Crippen molar-refractivity contribution in [2.24, 2.45) is 0 Å². The molecule has 0 amide bonds. The number of hydrogen-bond donors (Lipinski definition) is 1. The molecule has 3 heteroatoms. The zero-order valence-electron chi connectivity index (χ0n) is 5.79. The van der Waals surface area contributed by atoms with Crippen molar-refractivity contribution < 1.29 is 4.39 Å². The largest absolute Gasteiger partial charge is 0.339 e. The summed E-state index contributed by atoms with van der Waals surface area (Å²) in [6, 6.07) is 6.66. The van der Waals surface area contributed by atoms with Crippen LogP contribution < -0.4 is 5.84 Å². The first kappa shape index (κ1) is 6.22. The highest BCUT2D eigenvalue weighted by Gasteiger charge is 2.02. The number of benzene rings is 1. The SMILES string of the molecule is Nn1ccc2cccc(F)c21. The highest BCUT2D eigenvalue weighted by Crippen LogP contribution is 2.16. The number of para-hydroxylation sites is 1. The van der Waals surface area contributed by atoms with Crippen molar-refractivity contribution in [3.05, 3.63) is 36.3 Å².